The van der Waals surface area contributed by atoms with Gasteiger partial charge in [-0.15, -0.1) is 0 Å². The molecule has 0 bridgehead atoms. The van der Waals surface area contributed by atoms with Gasteiger partial charge in [-0.2, -0.15) is 0 Å². The fourth-order valence-electron chi connectivity index (χ4n) is 5.57. The maximum atomic E-state index is 13.6. The number of esters is 1. The molecule has 0 aromatic heterocycles. The summed E-state index contributed by atoms with van der Waals surface area (Å²) in [4.78, 5) is 52.5. The van der Waals surface area contributed by atoms with Gasteiger partial charge in [-0.3, -0.25) is 14.4 Å². The molecule has 48 heavy (non-hydrogen) atoms. The Morgan fingerprint density at radius 2 is 1.60 bits per heavy atom. The number of hydrogen-bond donors (Lipinski definition) is 3. The van der Waals surface area contributed by atoms with E-state index < -0.39 is 36.0 Å². The molecule has 1 saturated heterocycles. The van der Waals surface area contributed by atoms with E-state index in [4.69, 9.17) is 19.3 Å². The fourth-order valence-corrected chi connectivity index (χ4v) is 5.57. The van der Waals surface area contributed by atoms with Crippen molar-refractivity contribution in [2.75, 3.05) is 33.8 Å². The van der Waals surface area contributed by atoms with Crippen molar-refractivity contribution in [2.24, 2.45) is 0 Å². The van der Waals surface area contributed by atoms with Gasteiger partial charge in [0.2, 0.25) is 23.5 Å². The quantitative estimate of drug-likeness (QED) is 0.200. The molecular formula is C37H39N3O8. The lowest BCUT2D eigenvalue weighted by Gasteiger charge is -2.31. The summed E-state index contributed by atoms with van der Waals surface area (Å²) >= 11 is 0. The molecule has 0 spiro atoms. The summed E-state index contributed by atoms with van der Waals surface area (Å²) in [6.07, 6.45) is 2.34. The topological polar surface area (TPSA) is 144 Å². The highest BCUT2D eigenvalue weighted by Gasteiger charge is 2.54. The molecule has 3 atom stereocenters. The van der Waals surface area contributed by atoms with E-state index in [9.17, 15) is 19.2 Å². The lowest BCUT2D eigenvalue weighted by atomic mass is 9.91. The van der Waals surface area contributed by atoms with Gasteiger partial charge in [0, 0.05) is 62.8 Å². The molecule has 3 aromatic rings. The molecule has 11 heteroatoms. The summed E-state index contributed by atoms with van der Waals surface area (Å²) in [5, 5.41) is 14.2. The molecular weight excluding hydrogens is 614 g/mol. The molecule has 3 amide bonds. The summed E-state index contributed by atoms with van der Waals surface area (Å²) in [7, 11) is 3.30. The largest absolute Gasteiger partial charge is 0.456 e. The zero-order valence-corrected chi connectivity index (χ0v) is 26.8. The molecule has 1 heterocycles. The number of fused-ring (bicyclic) bond motifs is 1. The highest BCUT2D eigenvalue weighted by Crippen LogP contribution is 2.47. The fraction of sp³-hybridized carbons (Fsp3) is 0.297. The first-order chi connectivity index (χ1) is 23.2. The highest BCUT2D eigenvalue weighted by molar-refractivity contribution is 5.95. The maximum absolute atomic E-state index is 13.6. The summed E-state index contributed by atoms with van der Waals surface area (Å²) in [6, 6.07) is 25.6. The molecule has 3 N–H and O–H groups in total. The van der Waals surface area contributed by atoms with Gasteiger partial charge in [0.1, 0.15) is 18.3 Å². The van der Waals surface area contributed by atoms with Gasteiger partial charge in [0.25, 0.3) is 0 Å². The summed E-state index contributed by atoms with van der Waals surface area (Å²) in [5.74, 6) is -2.91. The van der Waals surface area contributed by atoms with E-state index in [1.54, 1.807) is 50.5 Å². The van der Waals surface area contributed by atoms with Gasteiger partial charge in [0.15, 0.2) is 0 Å². The monoisotopic (exact) mass is 653 g/mol. The number of nitrogens with one attached hydrogen (secondary N) is 2. The van der Waals surface area contributed by atoms with Crippen molar-refractivity contribution >= 4 is 29.8 Å². The number of nitrogens with zero attached hydrogens (tertiary/aromatic N) is 1. The van der Waals surface area contributed by atoms with Crippen LogP contribution in [0.2, 0.25) is 0 Å². The van der Waals surface area contributed by atoms with Crippen LogP contribution in [0.5, 0.6) is 0 Å². The molecule has 250 valence electrons. The smallest absolute Gasteiger partial charge is 0.338 e. The zero-order chi connectivity index (χ0) is 34.1. The van der Waals surface area contributed by atoms with Crippen molar-refractivity contribution in [1.29, 1.82) is 0 Å². The molecule has 0 radical (unpaired) electrons. The van der Waals surface area contributed by atoms with E-state index >= 15 is 0 Å². The number of carbonyl (C=O) groups is 4. The van der Waals surface area contributed by atoms with Crippen LogP contribution in [0.25, 0.3) is 6.08 Å². The normalized spacial score (nSPS) is 19.6. The number of aliphatic hydroxyl groups excluding tert-OH is 1. The van der Waals surface area contributed by atoms with E-state index in [1.165, 1.54) is 11.0 Å². The van der Waals surface area contributed by atoms with Gasteiger partial charge < -0.3 is 34.9 Å². The Labute approximate surface area is 279 Å². The van der Waals surface area contributed by atoms with Crippen molar-refractivity contribution in [3.05, 3.63) is 125 Å². The van der Waals surface area contributed by atoms with Crippen molar-refractivity contribution < 1.29 is 38.5 Å². The number of rotatable bonds is 12. The average molecular weight is 654 g/mol. The van der Waals surface area contributed by atoms with Crippen molar-refractivity contribution in [3.63, 3.8) is 0 Å². The molecule has 0 saturated carbocycles. The SMILES string of the molecule is CN(C)C(=O)C=Cc1cccc(C(=O)O[C@@H]2CC(C(=O)NCCC(=O)NCCO)=C[C@H]3OC(c4ccccc4)(c4ccccc4)O[C@H]32)c1. The molecule has 11 nitrogen and oxygen atoms in total. The van der Waals surface area contributed by atoms with Gasteiger partial charge in [0.05, 0.1) is 12.2 Å². The Morgan fingerprint density at radius 1 is 0.917 bits per heavy atom. The van der Waals surface area contributed by atoms with Crippen LogP contribution in [-0.2, 0) is 34.4 Å². The van der Waals surface area contributed by atoms with Crippen LogP contribution < -0.4 is 10.6 Å². The van der Waals surface area contributed by atoms with E-state index in [-0.39, 0.29) is 49.9 Å². The lowest BCUT2D eigenvalue weighted by molar-refractivity contribution is -0.157. The minimum Gasteiger partial charge on any atom is -0.456 e. The first-order valence-electron chi connectivity index (χ1n) is 15.7. The predicted molar refractivity (Wildman–Crippen MR) is 177 cm³/mol. The first-order valence-corrected chi connectivity index (χ1v) is 15.7. The third-order valence-corrected chi connectivity index (χ3v) is 7.99. The molecule has 2 aliphatic rings. The van der Waals surface area contributed by atoms with Gasteiger partial charge in [-0.1, -0.05) is 72.8 Å². The third-order valence-electron chi connectivity index (χ3n) is 7.99. The molecule has 5 rings (SSSR count). The summed E-state index contributed by atoms with van der Waals surface area (Å²) in [6.45, 7) is 0.0155. The molecule has 0 unspecified atom stereocenters. The van der Waals surface area contributed by atoms with Crippen LogP contribution in [0.1, 0.15) is 39.9 Å². The molecule has 1 aliphatic heterocycles. The van der Waals surface area contributed by atoms with E-state index in [2.05, 4.69) is 10.6 Å². The Kier molecular flexibility index (Phi) is 11.2. The number of amides is 3. The molecule has 1 fully saturated rings. The second-order valence-electron chi connectivity index (χ2n) is 11.6. The van der Waals surface area contributed by atoms with Crippen LogP contribution in [-0.4, -0.2) is 85.8 Å². The summed E-state index contributed by atoms with van der Waals surface area (Å²) < 4.78 is 19.6. The van der Waals surface area contributed by atoms with E-state index in [0.717, 1.165) is 11.1 Å². The minimum absolute atomic E-state index is 0.0269. The van der Waals surface area contributed by atoms with Gasteiger partial charge >= 0.3 is 5.97 Å². The lowest BCUT2D eigenvalue weighted by Crippen LogP contribution is -2.44. The van der Waals surface area contributed by atoms with E-state index in [0.29, 0.717) is 11.1 Å². The Bertz CT molecular complexity index is 1630. The van der Waals surface area contributed by atoms with E-state index in [1.807, 2.05) is 60.7 Å². The van der Waals surface area contributed by atoms with Crippen LogP contribution >= 0.6 is 0 Å². The summed E-state index contributed by atoms with van der Waals surface area (Å²) in [5.41, 5.74) is 2.68. The Hall–Kier alpha value is -5.10. The number of aliphatic hydroxyl groups is 1. The third kappa shape index (κ3) is 8.06. The van der Waals surface area contributed by atoms with Crippen LogP contribution in [0.4, 0.5) is 0 Å². The predicted octanol–water partition coefficient (Wildman–Crippen LogP) is 2.94. The number of hydrogen-bond acceptors (Lipinski definition) is 8. The second kappa shape index (κ2) is 15.7. The van der Waals surface area contributed by atoms with Gasteiger partial charge in [-0.05, 0) is 29.8 Å². The van der Waals surface area contributed by atoms with Crippen molar-refractivity contribution in [1.82, 2.24) is 15.5 Å². The average Bonchev–Trinajstić information content (AvgIpc) is 3.52. The number of benzene rings is 3. The Morgan fingerprint density at radius 3 is 2.25 bits per heavy atom. The number of ether oxygens (including phenoxy) is 3. The standard InChI is InChI=1S/C37H39N3O8/c1-40(2)33(43)17-16-25-10-9-11-26(22-25)36(45)46-30-23-27(35(44)39-19-18-32(42)38-20-21-41)24-31-34(30)48-37(47-31,28-12-5-3-6-13-28)29-14-7-4-8-15-29/h3-17,22,24,30-31,34,41H,18-21,23H2,1-2H3,(H,38,42)(H,39,44)/t30-,31-,34+/m1/s1. The van der Waals surface area contributed by atoms with Crippen molar-refractivity contribution in [3.8, 4) is 0 Å². The van der Waals surface area contributed by atoms with Crippen LogP contribution in [0.15, 0.2) is 103 Å². The first kappa shape index (κ1) is 34.2. The molecule has 1 aliphatic carbocycles. The van der Waals surface area contributed by atoms with Crippen LogP contribution in [0.3, 0.4) is 0 Å². The Balaban J connectivity index is 1.42. The highest BCUT2D eigenvalue weighted by atomic mass is 16.8. The minimum atomic E-state index is -1.35. The van der Waals surface area contributed by atoms with Gasteiger partial charge in [-0.25, -0.2) is 4.79 Å². The maximum Gasteiger partial charge on any atom is 0.338 e. The molecule has 3 aromatic carbocycles. The second-order valence-corrected chi connectivity index (χ2v) is 11.6. The zero-order valence-electron chi connectivity index (χ0n) is 26.8. The van der Waals surface area contributed by atoms with Crippen molar-refractivity contribution in [2.45, 2.75) is 36.9 Å². The number of carbonyl (C=O) groups excluding carboxylic acids is 4. The number of likely N-dealkylation sites (N-methyl/N-ethyl adjacent to an activating group) is 1. The van der Waals surface area contributed by atoms with Crippen LogP contribution in [0, 0.1) is 0 Å².